The zero-order valence-electron chi connectivity index (χ0n) is 12.4. The van der Waals surface area contributed by atoms with Crippen LogP contribution in [0.15, 0.2) is 47.7 Å². The van der Waals surface area contributed by atoms with Gasteiger partial charge in [0.25, 0.3) is 5.91 Å². The minimum atomic E-state index is -0.696. The van der Waals surface area contributed by atoms with Crippen LogP contribution in [0.1, 0.15) is 18.2 Å². The molecule has 1 N–H and O–H groups in total. The van der Waals surface area contributed by atoms with Gasteiger partial charge in [-0.3, -0.25) is 4.79 Å². The molecule has 112 valence electrons. The van der Waals surface area contributed by atoms with E-state index >= 15 is 0 Å². The number of nitriles is 1. The number of rotatable bonds is 5. The van der Waals surface area contributed by atoms with Crippen LogP contribution in [-0.2, 0) is 11.8 Å². The van der Waals surface area contributed by atoms with Gasteiger partial charge >= 0.3 is 0 Å². The Kier molecular flexibility index (Phi) is 4.94. The van der Waals surface area contributed by atoms with E-state index in [0.29, 0.717) is 11.3 Å². The third-order valence-corrected chi connectivity index (χ3v) is 3.02. The second-order valence-corrected chi connectivity index (χ2v) is 4.67. The van der Waals surface area contributed by atoms with Crippen LogP contribution in [0.25, 0.3) is 0 Å². The molecule has 22 heavy (non-hydrogen) atoms. The van der Waals surface area contributed by atoms with Gasteiger partial charge in [-0.25, -0.2) is 5.43 Å². The topological polar surface area (TPSA) is 79.4 Å². The number of amides is 1. The van der Waals surface area contributed by atoms with Crippen molar-refractivity contribution in [3.05, 3.63) is 53.9 Å². The molecule has 2 aromatic rings. The maximum Gasteiger partial charge on any atom is 0.280 e. The molecule has 0 aliphatic heterocycles. The summed E-state index contributed by atoms with van der Waals surface area (Å²) in [6.45, 7) is 1.63. The van der Waals surface area contributed by atoms with Gasteiger partial charge in [-0.2, -0.15) is 10.4 Å². The summed E-state index contributed by atoms with van der Waals surface area (Å²) in [6.07, 6.45) is 2.75. The van der Waals surface area contributed by atoms with Crippen LogP contribution in [-0.4, -0.2) is 22.8 Å². The fraction of sp³-hybridized carbons (Fsp3) is 0.188. The van der Waals surface area contributed by atoms with Crippen molar-refractivity contribution >= 4 is 12.1 Å². The van der Waals surface area contributed by atoms with Gasteiger partial charge in [0.2, 0.25) is 0 Å². The first-order chi connectivity index (χ1) is 10.6. The first kappa shape index (κ1) is 15.3. The van der Waals surface area contributed by atoms with E-state index < -0.39 is 6.10 Å². The molecule has 6 heteroatoms. The van der Waals surface area contributed by atoms with E-state index in [1.165, 1.54) is 0 Å². The van der Waals surface area contributed by atoms with Gasteiger partial charge in [-0.15, -0.1) is 0 Å². The molecule has 0 fully saturated rings. The van der Waals surface area contributed by atoms with Crippen molar-refractivity contribution in [2.24, 2.45) is 12.1 Å². The number of benzene rings is 1. The van der Waals surface area contributed by atoms with Crippen LogP contribution in [0, 0.1) is 11.3 Å². The van der Waals surface area contributed by atoms with E-state index in [2.05, 4.69) is 10.5 Å². The largest absolute Gasteiger partial charge is 0.481 e. The number of hydrazone groups is 1. The molecule has 1 atom stereocenters. The summed E-state index contributed by atoms with van der Waals surface area (Å²) < 4.78 is 7.37. The summed E-state index contributed by atoms with van der Waals surface area (Å²) in [7, 11) is 1.89. The Bertz CT molecular complexity index is 710. The fourth-order valence-electron chi connectivity index (χ4n) is 1.73. The SMILES string of the molecule is CC(Oc1ccc(C#N)cc1)C(=O)N/N=C/c1cccn1C. The van der Waals surface area contributed by atoms with E-state index in [1.54, 1.807) is 37.4 Å². The van der Waals surface area contributed by atoms with E-state index in [1.807, 2.05) is 36.0 Å². The number of aryl methyl sites for hydroxylation is 1. The predicted molar refractivity (Wildman–Crippen MR) is 82.4 cm³/mol. The second kappa shape index (κ2) is 7.09. The molecule has 0 saturated heterocycles. The molecule has 1 amide bonds. The Morgan fingerprint density at radius 1 is 1.41 bits per heavy atom. The molecule has 0 spiro atoms. The third-order valence-electron chi connectivity index (χ3n) is 3.02. The summed E-state index contributed by atoms with van der Waals surface area (Å²) in [5.74, 6) is 0.169. The molecule has 0 aliphatic carbocycles. The lowest BCUT2D eigenvalue weighted by Gasteiger charge is -2.12. The molecule has 6 nitrogen and oxygen atoms in total. The Hall–Kier alpha value is -3.07. The molecular weight excluding hydrogens is 280 g/mol. The first-order valence-corrected chi connectivity index (χ1v) is 6.71. The fourth-order valence-corrected chi connectivity index (χ4v) is 1.73. The standard InChI is InChI=1S/C16H16N4O2/c1-12(22-15-7-5-13(10-17)6-8-15)16(21)19-18-11-14-4-3-9-20(14)2/h3-9,11-12H,1-2H3,(H,19,21)/b18-11+. The summed E-state index contributed by atoms with van der Waals surface area (Å²) in [5.41, 5.74) is 3.84. The zero-order valence-corrected chi connectivity index (χ0v) is 12.4. The van der Waals surface area contributed by atoms with Crippen LogP contribution in [0.2, 0.25) is 0 Å². The second-order valence-electron chi connectivity index (χ2n) is 4.67. The average molecular weight is 296 g/mol. The minimum absolute atomic E-state index is 0.352. The van der Waals surface area contributed by atoms with Crippen molar-refractivity contribution in [2.45, 2.75) is 13.0 Å². The predicted octanol–water partition coefficient (Wildman–Crippen LogP) is 1.81. The number of carbonyl (C=O) groups excluding carboxylic acids is 1. The van der Waals surface area contributed by atoms with E-state index in [9.17, 15) is 4.79 Å². The third kappa shape index (κ3) is 3.96. The summed E-state index contributed by atoms with van der Waals surface area (Å²) >= 11 is 0. The van der Waals surface area contributed by atoms with Gasteiger partial charge in [0.1, 0.15) is 5.75 Å². The van der Waals surface area contributed by atoms with Crippen molar-refractivity contribution in [3.8, 4) is 11.8 Å². The lowest BCUT2D eigenvalue weighted by molar-refractivity contribution is -0.127. The van der Waals surface area contributed by atoms with Crippen LogP contribution in [0.4, 0.5) is 0 Å². The summed E-state index contributed by atoms with van der Waals surface area (Å²) in [5, 5.41) is 12.6. The van der Waals surface area contributed by atoms with Gasteiger partial charge in [0, 0.05) is 13.2 Å². The van der Waals surface area contributed by atoms with Crippen LogP contribution < -0.4 is 10.2 Å². The van der Waals surface area contributed by atoms with Gasteiger partial charge in [-0.05, 0) is 43.3 Å². The highest BCUT2D eigenvalue weighted by Gasteiger charge is 2.13. The van der Waals surface area contributed by atoms with E-state index in [0.717, 1.165) is 5.69 Å². The molecule has 1 aromatic heterocycles. The quantitative estimate of drug-likeness (QED) is 0.675. The Labute approximate surface area is 128 Å². The number of hydrogen-bond donors (Lipinski definition) is 1. The maximum absolute atomic E-state index is 11.9. The molecule has 1 aromatic carbocycles. The van der Waals surface area contributed by atoms with Crippen LogP contribution in [0.5, 0.6) is 5.75 Å². The maximum atomic E-state index is 11.9. The van der Waals surface area contributed by atoms with E-state index in [4.69, 9.17) is 10.00 Å². The van der Waals surface area contributed by atoms with Crippen molar-refractivity contribution in [2.75, 3.05) is 0 Å². The molecule has 1 heterocycles. The molecule has 0 radical (unpaired) electrons. The number of hydrogen-bond acceptors (Lipinski definition) is 4. The summed E-state index contributed by atoms with van der Waals surface area (Å²) in [4.78, 5) is 11.9. The number of ether oxygens (including phenoxy) is 1. The lowest BCUT2D eigenvalue weighted by atomic mass is 10.2. The number of nitrogens with one attached hydrogen (secondary N) is 1. The highest BCUT2D eigenvalue weighted by Crippen LogP contribution is 2.13. The first-order valence-electron chi connectivity index (χ1n) is 6.71. The zero-order chi connectivity index (χ0) is 15.9. The van der Waals surface area contributed by atoms with Gasteiger partial charge in [0.15, 0.2) is 6.10 Å². The average Bonchev–Trinajstić information content (AvgIpc) is 2.93. The Balaban J connectivity index is 1.87. The molecule has 2 rings (SSSR count). The highest BCUT2D eigenvalue weighted by atomic mass is 16.5. The van der Waals surface area contributed by atoms with Crippen molar-refractivity contribution in [3.63, 3.8) is 0 Å². The number of aromatic nitrogens is 1. The van der Waals surface area contributed by atoms with Crippen molar-refractivity contribution in [1.29, 1.82) is 5.26 Å². The minimum Gasteiger partial charge on any atom is -0.481 e. The Morgan fingerprint density at radius 2 is 2.14 bits per heavy atom. The Morgan fingerprint density at radius 3 is 2.73 bits per heavy atom. The molecule has 0 bridgehead atoms. The number of nitrogens with zero attached hydrogens (tertiary/aromatic N) is 3. The monoisotopic (exact) mass is 296 g/mol. The van der Waals surface area contributed by atoms with Gasteiger partial charge in [-0.1, -0.05) is 0 Å². The van der Waals surface area contributed by atoms with Crippen molar-refractivity contribution in [1.82, 2.24) is 9.99 Å². The highest BCUT2D eigenvalue weighted by molar-refractivity contribution is 5.83. The van der Waals surface area contributed by atoms with Crippen LogP contribution >= 0.6 is 0 Å². The normalized spacial score (nSPS) is 11.9. The lowest BCUT2D eigenvalue weighted by Crippen LogP contribution is -2.33. The van der Waals surface area contributed by atoms with Crippen molar-refractivity contribution < 1.29 is 9.53 Å². The molecule has 1 unspecified atom stereocenters. The van der Waals surface area contributed by atoms with E-state index in [-0.39, 0.29) is 5.91 Å². The van der Waals surface area contributed by atoms with Crippen LogP contribution in [0.3, 0.4) is 0 Å². The summed E-state index contributed by atoms with van der Waals surface area (Å²) in [6, 6.07) is 12.4. The molecular formula is C16H16N4O2. The van der Waals surface area contributed by atoms with Gasteiger partial charge in [0.05, 0.1) is 23.5 Å². The molecule has 0 saturated carbocycles. The molecule has 0 aliphatic rings. The smallest absolute Gasteiger partial charge is 0.280 e. The van der Waals surface area contributed by atoms with Gasteiger partial charge < -0.3 is 9.30 Å². The number of carbonyl (C=O) groups is 1.